The van der Waals surface area contributed by atoms with Crippen LogP contribution in [-0.4, -0.2) is 53.9 Å². The fourth-order valence-electron chi connectivity index (χ4n) is 3.79. The third-order valence-corrected chi connectivity index (χ3v) is 5.49. The second kappa shape index (κ2) is 10.1. The van der Waals surface area contributed by atoms with Crippen LogP contribution in [0.5, 0.6) is 0 Å². The molecular weight excluding hydrogens is 390 g/mol. The van der Waals surface area contributed by atoms with Gasteiger partial charge in [-0.25, -0.2) is 4.98 Å². The van der Waals surface area contributed by atoms with Crippen molar-refractivity contribution in [3.63, 3.8) is 0 Å². The van der Waals surface area contributed by atoms with Gasteiger partial charge in [0.05, 0.1) is 11.6 Å². The van der Waals surface area contributed by atoms with Gasteiger partial charge in [0.2, 0.25) is 5.91 Å². The minimum Gasteiger partial charge on any atom is -0.353 e. The number of benzene rings is 1. The van der Waals surface area contributed by atoms with Gasteiger partial charge >= 0.3 is 0 Å². The van der Waals surface area contributed by atoms with Crippen LogP contribution >= 0.6 is 0 Å². The molecule has 7 nitrogen and oxygen atoms in total. The lowest BCUT2D eigenvalue weighted by Crippen LogP contribution is -2.55. The summed E-state index contributed by atoms with van der Waals surface area (Å²) in [5.41, 5.74) is 2.05. The Hall–Kier alpha value is -3.40. The number of nitrogens with zero attached hydrogens (tertiary/aromatic N) is 4. The van der Waals surface area contributed by atoms with Crippen molar-refractivity contribution >= 4 is 17.6 Å². The molecule has 1 fully saturated rings. The first kappa shape index (κ1) is 22.3. The Labute approximate surface area is 183 Å². The summed E-state index contributed by atoms with van der Waals surface area (Å²) in [6.45, 7) is 8.35. The summed E-state index contributed by atoms with van der Waals surface area (Å²) >= 11 is 0. The van der Waals surface area contributed by atoms with Crippen LogP contribution in [-0.2, 0) is 4.79 Å². The van der Waals surface area contributed by atoms with Crippen LogP contribution in [0.1, 0.15) is 41.8 Å². The average molecular weight is 420 g/mol. The van der Waals surface area contributed by atoms with Crippen molar-refractivity contribution < 1.29 is 9.59 Å². The minimum absolute atomic E-state index is 0.0472. The van der Waals surface area contributed by atoms with Crippen molar-refractivity contribution in [3.05, 3.63) is 59.3 Å². The van der Waals surface area contributed by atoms with Crippen LogP contribution in [0.3, 0.4) is 0 Å². The number of carbonyl (C=O) groups excluding carboxylic acids is 2. The molecule has 1 saturated heterocycles. The van der Waals surface area contributed by atoms with E-state index in [2.05, 4.69) is 21.3 Å². The lowest BCUT2D eigenvalue weighted by molar-refractivity contribution is -0.134. The van der Waals surface area contributed by atoms with E-state index in [0.717, 1.165) is 11.4 Å². The zero-order valence-electron chi connectivity index (χ0n) is 18.3. The Kier molecular flexibility index (Phi) is 7.24. The van der Waals surface area contributed by atoms with E-state index in [1.165, 1.54) is 0 Å². The van der Waals surface area contributed by atoms with E-state index in [0.29, 0.717) is 43.7 Å². The van der Waals surface area contributed by atoms with E-state index < -0.39 is 6.04 Å². The third kappa shape index (κ3) is 5.60. The van der Waals surface area contributed by atoms with Crippen LogP contribution in [0.2, 0.25) is 0 Å². The summed E-state index contributed by atoms with van der Waals surface area (Å²) in [6.07, 6.45) is 2.22. The lowest BCUT2D eigenvalue weighted by Gasteiger charge is -2.37. The topological polar surface area (TPSA) is 89.3 Å². The Bertz CT molecular complexity index is 974. The molecule has 3 rings (SSSR count). The fourth-order valence-corrected chi connectivity index (χ4v) is 3.79. The van der Waals surface area contributed by atoms with E-state index in [1.807, 2.05) is 43.9 Å². The molecule has 0 saturated carbocycles. The summed E-state index contributed by atoms with van der Waals surface area (Å²) in [5, 5.41) is 12.1. The maximum atomic E-state index is 13.3. The number of hydrogen-bond donors (Lipinski definition) is 1. The van der Waals surface area contributed by atoms with Gasteiger partial charge in [-0.05, 0) is 43.0 Å². The number of aryl methyl sites for hydroxylation is 1. The summed E-state index contributed by atoms with van der Waals surface area (Å²) in [5.74, 6) is 0.755. The molecule has 2 amide bonds. The van der Waals surface area contributed by atoms with Crippen LogP contribution in [0, 0.1) is 24.2 Å². The minimum atomic E-state index is -0.557. The first-order valence-electron chi connectivity index (χ1n) is 10.7. The van der Waals surface area contributed by atoms with E-state index in [1.54, 1.807) is 24.4 Å². The van der Waals surface area contributed by atoms with Crippen LogP contribution < -0.4 is 10.2 Å². The number of carbonyl (C=O) groups is 2. The van der Waals surface area contributed by atoms with Gasteiger partial charge in [-0.15, -0.1) is 0 Å². The van der Waals surface area contributed by atoms with Gasteiger partial charge in [0.1, 0.15) is 11.9 Å². The summed E-state index contributed by atoms with van der Waals surface area (Å²) < 4.78 is 0. The highest BCUT2D eigenvalue weighted by Crippen LogP contribution is 2.17. The second-order valence-corrected chi connectivity index (χ2v) is 8.30. The second-order valence-electron chi connectivity index (χ2n) is 8.30. The highest BCUT2D eigenvalue weighted by Gasteiger charge is 2.30. The first-order valence-corrected chi connectivity index (χ1v) is 10.7. The van der Waals surface area contributed by atoms with Crippen molar-refractivity contribution in [2.75, 3.05) is 31.1 Å². The molecule has 2 aromatic rings. The normalized spacial score (nSPS) is 14.8. The molecule has 2 heterocycles. The van der Waals surface area contributed by atoms with E-state index in [9.17, 15) is 9.59 Å². The number of aromatic nitrogens is 1. The number of pyridine rings is 1. The quantitative estimate of drug-likeness (QED) is 0.778. The monoisotopic (exact) mass is 419 g/mol. The molecule has 0 aliphatic carbocycles. The lowest BCUT2D eigenvalue weighted by atomic mass is 10.0. The SMILES string of the molecule is Cc1ccccc1C(=O)NC(CC(C)C)C(=O)N1CCN(c2cc(C#N)ccn2)CC1. The molecule has 0 radical (unpaired) electrons. The van der Waals surface area contributed by atoms with Gasteiger partial charge in [0.15, 0.2) is 0 Å². The van der Waals surface area contributed by atoms with Gasteiger partial charge in [-0.2, -0.15) is 5.26 Å². The largest absolute Gasteiger partial charge is 0.353 e. The third-order valence-electron chi connectivity index (χ3n) is 5.49. The molecule has 31 heavy (non-hydrogen) atoms. The van der Waals surface area contributed by atoms with Crippen molar-refractivity contribution in [2.45, 2.75) is 33.2 Å². The smallest absolute Gasteiger partial charge is 0.252 e. The average Bonchev–Trinajstić information content (AvgIpc) is 2.78. The van der Waals surface area contributed by atoms with Crippen LogP contribution in [0.25, 0.3) is 0 Å². The van der Waals surface area contributed by atoms with Crippen molar-refractivity contribution in [2.24, 2.45) is 5.92 Å². The first-order chi connectivity index (χ1) is 14.9. The Morgan fingerprint density at radius 2 is 1.87 bits per heavy atom. The van der Waals surface area contributed by atoms with Gasteiger partial charge in [0.25, 0.3) is 5.91 Å². The molecule has 0 bridgehead atoms. The van der Waals surface area contributed by atoms with Crippen molar-refractivity contribution in [3.8, 4) is 6.07 Å². The number of amides is 2. The molecule has 1 aromatic heterocycles. The molecule has 1 unspecified atom stereocenters. The number of hydrogen-bond acceptors (Lipinski definition) is 5. The van der Waals surface area contributed by atoms with Gasteiger partial charge < -0.3 is 15.1 Å². The maximum Gasteiger partial charge on any atom is 0.252 e. The zero-order chi connectivity index (χ0) is 22.4. The number of nitrogens with one attached hydrogen (secondary N) is 1. The van der Waals surface area contributed by atoms with E-state index in [4.69, 9.17) is 5.26 Å². The van der Waals surface area contributed by atoms with Crippen molar-refractivity contribution in [1.82, 2.24) is 15.2 Å². The fraction of sp³-hybridized carbons (Fsp3) is 0.417. The molecule has 1 aliphatic heterocycles. The summed E-state index contributed by atoms with van der Waals surface area (Å²) in [4.78, 5) is 34.3. The molecule has 0 spiro atoms. The standard InChI is InChI=1S/C24H29N5O2/c1-17(2)14-21(27-23(30)20-7-5-4-6-18(20)3)24(31)29-12-10-28(11-13-29)22-15-19(16-25)8-9-26-22/h4-9,15,17,21H,10-14H2,1-3H3,(H,27,30). The van der Waals surface area contributed by atoms with E-state index in [-0.39, 0.29) is 17.7 Å². The van der Waals surface area contributed by atoms with Gasteiger partial charge in [-0.1, -0.05) is 32.0 Å². The maximum absolute atomic E-state index is 13.3. The van der Waals surface area contributed by atoms with Crippen molar-refractivity contribution in [1.29, 1.82) is 5.26 Å². The number of piperazine rings is 1. The van der Waals surface area contributed by atoms with Gasteiger partial charge in [-0.3, -0.25) is 9.59 Å². The van der Waals surface area contributed by atoms with Gasteiger partial charge in [0, 0.05) is 37.9 Å². The Morgan fingerprint density at radius 1 is 1.16 bits per heavy atom. The Balaban J connectivity index is 1.66. The predicted molar refractivity (Wildman–Crippen MR) is 120 cm³/mol. The summed E-state index contributed by atoms with van der Waals surface area (Å²) in [7, 11) is 0. The number of rotatable bonds is 6. The number of anilines is 1. The Morgan fingerprint density at radius 3 is 2.52 bits per heavy atom. The molecule has 1 aliphatic rings. The molecule has 1 N–H and O–H groups in total. The highest BCUT2D eigenvalue weighted by atomic mass is 16.2. The molecule has 162 valence electrons. The zero-order valence-corrected chi connectivity index (χ0v) is 18.3. The molecular formula is C24H29N5O2. The van der Waals surface area contributed by atoms with Crippen LogP contribution in [0.4, 0.5) is 5.82 Å². The van der Waals surface area contributed by atoms with E-state index >= 15 is 0 Å². The van der Waals surface area contributed by atoms with Crippen LogP contribution in [0.15, 0.2) is 42.6 Å². The molecule has 7 heteroatoms. The molecule has 1 atom stereocenters. The number of nitriles is 1. The predicted octanol–water partition coefficient (Wildman–Crippen LogP) is 2.76. The molecule has 1 aromatic carbocycles. The highest BCUT2D eigenvalue weighted by molar-refractivity contribution is 5.98. The summed E-state index contributed by atoms with van der Waals surface area (Å²) in [6, 6.07) is 12.4.